The van der Waals surface area contributed by atoms with Gasteiger partial charge in [-0.3, -0.25) is 0 Å². The number of alkyl halides is 21. The molecule has 0 saturated carbocycles. The largest absolute Gasteiger partial charge is 0.538 e. The molecule has 0 atom stereocenters. The molecule has 3 nitrogen and oxygen atoms in total. The summed E-state index contributed by atoms with van der Waals surface area (Å²) in [4.78, 5) is 0. The summed E-state index contributed by atoms with van der Waals surface area (Å²) in [6.07, 6.45) is -8.04. The first-order valence-electron chi connectivity index (χ1n) is 10.7. The second-order valence-electron chi connectivity index (χ2n) is 8.00. The van der Waals surface area contributed by atoms with Crippen molar-refractivity contribution in [2.45, 2.75) is 80.3 Å². The zero-order valence-corrected chi connectivity index (χ0v) is 22.0. The fraction of sp³-hybridized carbons (Fsp3) is 0.889. The Morgan fingerprint density at radius 2 is 0.628 bits per heavy atom. The van der Waals surface area contributed by atoms with Crippen molar-refractivity contribution in [3.63, 3.8) is 0 Å². The molecular weight excluding hydrogens is 691 g/mol. The van der Waals surface area contributed by atoms with E-state index in [0.717, 1.165) is 20.8 Å². The lowest BCUT2D eigenvalue weighted by atomic mass is 9.86. The van der Waals surface area contributed by atoms with Crippen molar-refractivity contribution < 1.29 is 105 Å². The van der Waals surface area contributed by atoms with Gasteiger partial charge >= 0.3 is 68.3 Å². The lowest BCUT2D eigenvalue weighted by molar-refractivity contribution is -0.473. The smallest absolute Gasteiger partial charge is 0.370 e. The van der Waals surface area contributed by atoms with Crippen molar-refractivity contribution in [1.29, 1.82) is 0 Å². The molecule has 0 rings (SSSR count). The van der Waals surface area contributed by atoms with Crippen LogP contribution in [0, 0.1) is 0 Å². The van der Waals surface area contributed by atoms with Crippen molar-refractivity contribution in [2.75, 3.05) is 19.8 Å². The molecule has 258 valence electrons. The normalized spacial score (nSPS) is 16.1. The van der Waals surface area contributed by atoms with E-state index in [1.54, 1.807) is 0 Å². The van der Waals surface area contributed by atoms with Crippen molar-refractivity contribution in [2.24, 2.45) is 0 Å². The number of allylic oxidation sites excluding steroid dienone is 1. The van der Waals surface area contributed by atoms with Gasteiger partial charge in [0.2, 0.25) is 0 Å². The van der Waals surface area contributed by atoms with Gasteiger partial charge in [-0.25, -0.2) is 0 Å². The second kappa shape index (κ2) is 11.6. The van der Waals surface area contributed by atoms with Gasteiger partial charge in [0.1, 0.15) is 0 Å². The average Bonchev–Trinajstić information content (AvgIpc) is 2.82. The van der Waals surface area contributed by atoms with Crippen molar-refractivity contribution in [3.05, 3.63) is 11.8 Å². The summed E-state index contributed by atoms with van der Waals surface area (Å²) < 4.78 is 299. The summed E-state index contributed by atoms with van der Waals surface area (Å²) in [6.45, 7) is 2.15. The first-order valence-corrected chi connectivity index (χ1v) is 12.4. The van der Waals surface area contributed by atoms with Crippen LogP contribution in [0.4, 0.5) is 92.2 Å². The van der Waals surface area contributed by atoms with Crippen molar-refractivity contribution in [3.8, 4) is 0 Å². The highest BCUT2D eigenvalue weighted by molar-refractivity contribution is 6.69. The summed E-state index contributed by atoms with van der Waals surface area (Å²) in [6, 6.07) is 0. The van der Waals surface area contributed by atoms with E-state index >= 15 is 0 Å². The Morgan fingerprint density at radius 1 is 0.419 bits per heavy atom. The Kier molecular flexibility index (Phi) is 11.2. The molecule has 0 radical (unpaired) electrons. The zero-order chi connectivity index (χ0) is 35.3. The summed E-state index contributed by atoms with van der Waals surface area (Å²) in [5.74, 6) is -78.1. The maximum Gasteiger partial charge on any atom is 0.538 e. The highest BCUT2D eigenvalue weighted by Crippen LogP contribution is 2.66. The Bertz CT molecular complexity index is 973. The third-order valence-corrected chi connectivity index (χ3v) is 8.32. The van der Waals surface area contributed by atoms with Crippen molar-refractivity contribution >= 4 is 8.80 Å². The van der Waals surface area contributed by atoms with E-state index in [1.807, 2.05) is 0 Å². The molecule has 0 heterocycles. The first-order chi connectivity index (χ1) is 18.6. The predicted molar refractivity (Wildman–Crippen MR) is 100 cm³/mol. The van der Waals surface area contributed by atoms with E-state index in [1.165, 1.54) is 0 Å². The van der Waals surface area contributed by atoms with Gasteiger partial charge in [0.05, 0.1) is 5.20 Å². The monoisotopic (exact) mass is 708 g/mol. The average molecular weight is 708 g/mol. The van der Waals surface area contributed by atoms with E-state index in [0.29, 0.717) is 0 Å². The fourth-order valence-corrected chi connectivity index (χ4v) is 5.35. The van der Waals surface area contributed by atoms with E-state index in [-0.39, 0.29) is 0 Å². The Hall–Kier alpha value is -1.63. The molecule has 0 aliphatic carbocycles. The van der Waals surface area contributed by atoms with Crippen LogP contribution in [0.5, 0.6) is 0 Å². The highest BCUT2D eigenvalue weighted by atomic mass is 28.4. The molecule has 0 spiro atoms. The molecule has 0 amide bonds. The Balaban J connectivity index is 7.34. The number of halogens is 21. The predicted octanol–water partition coefficient (Wildman–Crippen LogP) is 8.41. The molecule has 0 aliphatic rings. The standard InChI is InChI=1S/C18H17F21O3Si/c1-5-40-43(41-6-2,42-7-3)8(4)9(19,20)10(21,22)11(23,24)12(25,26)13(27,28)14(29,30)15(31,32)16(33,34)17(35,36)18(37,38)39/h4-7H2,1-3H3. The van der Waals surface area contributed by atoms with Gasteiger partial charge in [-0.1, -0.05) is 6.58 Å². The maximum absolute atomic E-state index is 14.7. The van der Waals surface area contributed by atoms with Crippen LogP contribution in [0.15, 0.2) is 11.8 Å². The third-order valence-electron chi connectivity index (χ3n) is 5.26. The highest BCUT2D eigenvalue weighted by Gasteiger charge is 2.98. The van der Waals surface area contributed by atoms with Crippen LogP contribution in [0.2, 0.25) is 0 Å². The molecule has 0 aromatic rings. The number of hydrogen-bond acceptors (Lipinski definition) is 3. The maximum atomic E-state index is 14.7. The molecule has 0 saturated heterocycles. The molecular formula is C18H17F21O3Si. The van der Waals surface area contributed by atoms with Crippen LogP contribution in [0.3, 0.4) is 0 Å². The molecule has 0 aliphatic heterocycles. The van der Waals surface area contributed by atoms with Gasteiger partial charge in [0.25, 0.3) is 0 Å². The molecule has 43 heavy (non-hydrogen) atoms. The van der Waals surface area contributed by atoms with Gasteiger partial charge in [-0.15, -0.1) is 0 Å². The first kappa shape index (κ1) is 41.4. The van der Waals surface area contributed by atoms with E-state index in [2.05, 4.69) is 19.9 Å². The number of hydrogen-bond donors (Lipinski definition) is 0. The Morgan fingerprint density at radius 3 is 0.837 bits per heavy atom. The quantitative estimate of drug-likeness (QED) is 0.119. The summed E-state index contributed by atoms with van der Waals surface area (Å²) in [7, 11) is -5.71. The van der Waals surface area contributed by atoms with Gasteiger partial charge in [-0.2, -0.15) is 92.2 Å². The third kappa shape index (κ3) is 5.56. The SMILES string of the molecule is C=C(C(F)(F)C(F)(F)C(F)(F)C(F)(F)C(F)(F)C(F)(F)C(F)(F)C(F)(F)C(F)(F)C(F)(F)F)[Si](OCC)(OCC)OCC. The van der Waals surface area contributed by atoms with Crippen LogP contribution >= 0.6 is 0 Å². The number of rotatable bonds is 16. The van der Waals surface area contributed by atoms with E-state index in [9.17, 15) is 92.2 Å². The summed E-state index contributed by atoms with van der Waals surface area (Å²) >= 11 is 0. The lowest BCUT2D eigenvalue weighted by Crippen LogP contribution is -2.77. The van der Waals surface area contributed by atoms with Crippen LogP contribution in [0.1, 0.15) is 20.8 Å². The van der Waals surface area contributed by atoms with Gasteiger partial charge in [0.15, 0.2) is 0 Å². The summed E-state index contributed by atoms with van der Waals surface area (Å²) in [5.41, 5.74) is 0. The molecule has 0 aromatic heterocycles. The molecule has 0 fully saturated rings. The summed E-state index contributed by atoms with van der Waals surface area (Å²) in [5, 5.41) is -2.84. The molecule has 0 unspecified atom stereocenters. The minimum Gasteiger partial charge on any atom is -0.370 e. The topological polar surface area (TPSA) is 27.7 Å². The van der Waals surface area contributed by atoms with Gasteiger partial charge in [-0.05, 0) is 20.8 Å². The van der Waals surface area contributed by atoms with Crippen molar-refractivity contribution in [1.82, 2.24) is 0 Å². The van der Waals surface area contributed by atoms with Crippen LogP contribution < -0.4 is 0 Å². The van der Waals surface area contributed by atoms with Gasteiger partial charge in [0, 0.05) is 19.8 Å². The molecule has 0 aromatic carbocycles. The van der Waals surface area contributed by atoms with Crippen LogP contribution in [0.25, 0.3) is 0 Å². The van der Waals surface area contributed by atoms with Crippen LogP contribution in [-0.4, -0.2) is 88.1 Å². The Labute approximate surface area is 227 Å². The van der Waals surface area contributed by atoms with E-state index < -0.39 is 93.3 Å². The molecule has 25 heteroatoms. The van der Waals surface area contributed by atoms with Gasteiger partial charge < -0.3 is 13.3 Å². The lowest BCUT2D eigenvalue weighted by Gasteiger charge is -2.45. The molecule has 0 N–H and O–H groups in total. The van der Waals surface area contributed by atoms with E-state index in [4.69, 9.17) is 0 Å². The minimum absolute atomic E-state index is 0.882. The fourth-order valence-electron chi connectivity index (χ4n) is 2.90. The second-order valence-corrected chi connectivity index (χ2v) is 10.6. The molecule has 0 bridgehead atoms. The van der Waals surface area contributed by atoms with Crippen LogP contribution in [-0.2, 0) is 13.3 Å². The zero-order valence-electron chi connectivity index (χ0n) is 21.0. The minimum atomic E-state index is -9.24.